The van der Waals surface area contributed by atoms with Gasteiger partial charge in [0, 0.05) is 0 Å². The van der Waals surface area contributed by atoms with Crippen LogP contribution in [0.15, 0.2) is 0 Å². The van der Waals surface area contributed by atoms with E-state index in [1.54, 1.807) is 0 Å². The van der Waals surface area contributed by atoms with E-state index >= 15 is 0 Å². The summed E-state index contributed by atoms with van der Waals surface area (Å²) >= 11 is 0. The maximum Gasteiger partial charge on any atom is 1.00 e. The van der Waals surface area contributed by atoms with Crippen molar-refractivity contribution in [2.24, 2.45) is 0 Å². The molecule has 0 N–H and O–H groups in total. The summed E-state index contributed by atoms with van der Waals surface area (Å²) in [7, 11) is 1.00. The van der Waals surface area contributed by atoms with Crippen molar-refractivity contribution < 1.29 is 18.9 Å². The molecule has 0 aromatic carbocycles. The normalized spacial score (nSPS) is 12.9. The van der Waals surface area contributed by atoms with Crippen LogP contribution in [-0.2, 0) is 0 Å². The number of rotatable bonds is 3. The zero-order valence-corrected chi connectivity index (χ0v) is 11.6. The average Bonchev–Trinajstić information content (AvgIpc) is 1.85. The van der Waals surface area contributed by atoms with Crippen molar-refractivity contribution in [2.75, 3.05) is 13.6 Å². The summed E-state index contributed by atoms with van der Waals surface area (Å²) in [5, 5.41) is 0.455. The summed E-state index contributed by atoms with van der Waals surface area (Å²) in [6, 6.07) is 0. The van der Waals surface area contributed by atoms with Crippen LogP contribution >= 0.6 is 0 Å². The molecule has 0 aromatic rings. The third-order valence-corrected chi connectivity index (χ3v) is 9.09. The first-order valence-corrected chi connectivity index (χ1v) is 7.68. The molecule has 0 saturated carbocycles. The predicted octanol–water partition coefficient (Wildman–Crippen LogP) is 0.152. The van der Waals surface area contributed by atoms with E-state index in [0.29, 0.717) is 5.04 Å². The van der Waals surface area contributed by atoms with Crippen LogP contribution in [0.25, 0.3) is 0 Å². The molecule has 74 valence electrons. The van der Waals surface area contributed by atoms with Gasteiger partial charge in [0.1, 0.15) is 8.24 Å². The Morgan fingerprint density at radius 1 is 1.23 bits per heavy atom. The number of nitrogens with zero attached hydrogens (tertiary/aromatic N) is 1. The molecule has 0 aliphatic carbocycles. The van der Waals surface area contributed by atoms with Crippen LogP contribution in [0.1, 0.15) is 27.2 Å². The summed E-state index contributed by atoms with van der Waals surface area (Å²) in [6.45, 7) is 16.9. The van der Waals surface area contributed by atoms with Crippen molar-refractivity contribution in [1.29, 1.82) is 0 Å². The van der Waals surface area contributed by atoms with Crippen molar-refractivity contribution in [3.05, 3.63) is 6.92 Å². The van der Waals surface area contributed by atoms with E-state index in [1.165, 1.54) is 0 Å². The van der Waals surface area contributed by atoms with Gasteiger partial charge in [-0.05, 0) is 18.6 Å². The third kappa shape index (κ3) is 4.21. The summed E-state index contributed by atoms with van der Waals surface area (Å²) < 4.78 is 2.53. The third-order valence-electron chi connectivity index (χ3n) is 3.28. The monoisotopic (exact) mass is 193 g/mol. The second-order valence-electron chi connectivity index (χ2n) is 5.08. The molecule has 0 fully saturated rings. The van der Waals surface area contributed by atoms with Gasteiger partial charge in [-0.15, -0.1) is 0 Å². The van der Waals surface area contributed by atoms with Crippen LogP contribution < -0.4 is 18.9 Å². The zero-order valence-electron chi connectivity index (χ0n) is 10.6. The first kappa shape index (κ1) is 16.2. The summed E-state index contributed by atoms with van der Waals surface area (Å²) in [6.07, 6.45) is 1.02. The first-order chi connectivity index (χ1) is 5.23. The van der Waals surface area contributed by atoms with Crippen LogP contribution in [0, 0.1) is 6.92 Å². The van der Waals surface area contributed by atoms with E-state index in [2.05, 4.69) is 52.4 Å². The Balaban J connectivity index is 0. The molecule has 0 amide bonds. The number of hydrogen-bond acceptors (Lipinski definition) is 1. The second kappa shape index (κ2) is 5.61. The predicted molar refractivity (Wildman–Crippen MR) is 59.8 cm³/mol. The fourth-order valence-corrected chi connectivity index (χ4v) is 2.95. The summed E-state index contributed by atoms with van der Waals surface area (Å²) in [5.74, 6) is 0. The Morgan fingerprint density at radius 3 is 1.85 bits per heavy atom. The molecule has 0 aliphatic rings. The Hall–Kier alpha value is 0.774. The van der Waals surface area contributed by atoms with E-state index in [1.807, 2.05) is 0 Å². The van der Waals surface area contributed by atoms with Gasteiger partial charge in [0.25, 0.3) is 0 Å². The standard InChI is InChI=1S/C10H24NSi.Li/c1-8-9-11(5)12(6,7)10(2,3)4;/h1,8-9H2,2-7H3;/q-1;+1. The van der Waals surface area contributed by atoms with Crippen LogP contribution in [0.4, 0.5) is 0 Å². The van der Waals surface area contributed by atoms with Crippen LogP contribution in [0.2, 0.25) is 18.1 Å². The van der Waals surface area contributed by atoms with Crippen LogP contribution in [-0.4, -0.2) is 26.4 Å². The van der Waals surface area contributed by atoms with E-state index in [9.17, 15) is 0 Å². The van der Waals surface area contributed by atoms with E-state index in [-0.39, 0.29) is 18.9 Å². The fourth-order valence-electron chi connectivity index (χ4n) is 1.09. The molecule has 0 aliphatic heterocycles. The second-order valence-corrected chi connectivity index (χ2v) is 10.5. The van der Waals surface area contributed by atoms with E-state index in [4.69, 9.17) is 0 Å². The van der Waals surface area contributed by atoms with Crippen molar-refractivity contribution in [3.63, 3.8) is 0 Å². The maximum atomic E-state index is 3.90. The Morgan fingerprint density at radius 2 is 1.62 bits per heavy atom. The fraction of sp³-hybridized carbons (Fsp3) is 0.900. The van der Waals surface area contributed by atoms with Gasteiger partial charge in [-0.1, -0.05) is 33.9 Å². The molecule has 0 heterocycles. The molecule has 0 rings (SSSR count). The molecule has 3 heteroatoms. The van der Waals surface area contributed by atoms with E-state index < -0.39 is 8.24 Å². The summed E-state index contributed by atoms with van der Waals surface area (Å²) in [5.41, 5.74) is 0. The Bertz CT molecular complexity index is 140. The molecule has 0 radical (unpaired) electrons. The van der Waals surface area contributed by atoms with Crippen LogP contribution in [0.3, 0.4) is 0 Å². The van der Waals surface area contributed by atoms with E-state index in [0.717, 1.165) is 13.0 Å². The van der Waals surface area contributed by atoms with Gasteiger partial charge < -0.3 is 11.5 Å². The topological polar surface area (TPSA) is 3.24 Å². The molecule has 13 heavy (non-hydrogen) atoms. The Labute approximate surface area is 97.5 Å². The first-order valence-electron chi connectivity index (χ1n) is 4.74. The molecule has 0 aromatic heterocycles. The van der Waals surface area contributed by atoms with Crippen molar-refractivity contribution in [1.82, 2.24) is 4.57 Å². The quantitative estimate of drug-likeness (QED) is 0.456. The maximum absolute atomic E-state index is 3.90. The van der Waals surface area contributed by atoms with Gasteiger partial charge >= 0.3 is 18.9 Å². The Kier molecular flexibility index (Phi) is 6.99. The summed E-state index contributed by atoms with van der Waals surface area (Å²) in [4.78, 5) is 0. The molecule has 1 nitrogen and oxygen atoms in total. The largest absolute Gasteiger partial charge is 1.00 e. The van der Waals surface area contributed by atoms with Crippen molar-refractivity contribution >= 4 is 8.24 Å². The molecule has 0 unspecified atom stereocenters. The molecule has 0 saturated heterocycles. The van der Waals surface area contributed by atoms with Crippen LogP contribution in [0.5, 0.6) is 0 Å². The molecular formula is C10H24LiNSi. The molecule has 0 spiro atoms. The number of hydrogen-bond donors (Lipinski definition) is 0. The average molecular weight is 193 g/mol. The van der Waals surface area contributed by atoms with Gasteiger partial charge in [-0.25, -0.2) is 0 Å². The minimum absolute atomic E-state index is 0. The van der Waals surface area contributed by atoms with Gasteiger partial charge in [-0.3, -0.25) is 0 Å². The molecule has 0 bridgehead atoms. The van der Waals surface area contributed by atoms with Gasteiger partial charge in [0.15, 0.2) is 0 Å². The van der Waals surface area contributed by atoms with Crippen molar-refractivity contribution in [3.8, 4) is 0 Å². The van der Waals surface area contributed by atoms with Gasteiger partial charge in [-0.2, -0.15) is 6.42 Å². The SMILES string of the molecule is [CH2-]CCN(C)[Si](C)(C)C(C)(C)C.[Li+]. The zero-order chi connectivity index (χ0) is 9.99. The smallest absolute Gasteiger partial charge is 0.342 e. The molecule has 0 atom stereocenters. The minimum atomic E-state index is -1.24. The van der Waals surface area contributed by atoms with Gasteiger partial charge in [0.2, 0.25) is 0 Å². The van der Waals surface area contributed by atoms with Crippen molar-refractivity contribution in [2.45, 2.75) is 45.3 Å². The molecular weight excluding hydrogens is 169 g/mol. The minimum Gasteiger partial charge on any atom is -0.342 e. The van der Waals surface area contributed by atoms with Gasteiger partial charge in [0.05, 0.1) is 0 Å².